The van der Waals surface area contributed by atoms with E-state index in [1.807, 2.05) is 55.8 Å². The maximum atomic E-state index is 12.5. The number of benzene rings is 1. The van der Waals surface area contributed by atoms with Gasteiger partial charge in [-0.1, -0.05) is 30.3 Å². The molecule has 0 aliphatic carbocycles. The number of carbonyl (C=O) groups is 1. The summed E-state index contributed by atoms with van der Waals surface area (Å²) in [4.78, 5) is 22.3. The molecule has 1 N–H and O–H groups in total. The van der Waals surface area contributed by atoms with E-state index in [9.17, 15) is 4.79 Å². The van der Waals surface area contributed by atoms with Gasteiger partial charge in [-0.25, -0.2) is 15.1 Å². The molecule has 0 saturated carbocycles. The summed E-state index contributed by atoms with van der Waals surface area (Å²) in [5, 5.41) is 5.06. The van der Waals surface area contributed by atoms with Crippen molar-refractivity contribution in [2.24, 2.45) is 0 Å². The Morgan fingerprint density at radius 2 is 2.04 bits per heavy atom. The fraction of sp³-hybridized carbons (Fsp3) is 0.278. The van der Waals surface area contributed by atoms with E-state index in [1.165, 1.54) is 0 Å². The molecule has 0 radical (unpaired) electrons. The van der Waals surface area contributed by atoms with Crippen molar-refractivity contribution in [3.8, 4) is 0 Å². The van der Waals surface area contributed by atoms with Crippen molar-refractivity contribution in [2.45, 2.75) is 33.4 Å². The van der Waals surface area contributed by atoms with Crippen LogP contribution >= 0.6 is 0 Å². The lowest BCUT2D eigenvalue weighted by molar-refractivity contribution is 0.0235. The summed E-state index contributed by atoms with van der Waals surface area (Å²) in [5.41, 5.74) is 5.47. The largest absolute Gasteiger partial charge is 0.275 e. The second-order valence-electron chi connectivity index (χ2n) is 5.94. The number of aryl methyl sites for hydroxylation is 1. The highest BCUT2D eigenvalue weighted by Gasteiger charge is 2.17. The number of hydroxylamine groups is 1. The number of rotatable bonds is 5. The van der Waals surface area contributed by atoms with Crippen molar-refractivity contribution in [3.05, 3.63) is 59.4 Å². The van der Waals surface area contributed by atoms with E-state index in [1.54, 1.807) is 12.3 Å². The van der Waals surface area contributed by atoms with Gasteiger partial charge in [-0.2, -0.15) is 5.10 Å². The Kier molecular flexibility index (Phi) is 4.57. The second kappa shape index (κ2) is 6.80. The van der Waals surface area contributed by atoms with Crippen LogP contribution in [0.5, 0.6) is 0 Å². The molecule has 0 spiro atoms. The molecule has 1 aromatic carbocycles. The van der Waals surface area contributed by atoms with E-state index < -0.39 is 0 Å². The molecule has 124 valence electrons. The van der Waals surface area contributed by atoms with Crippen molar-refractivity contribution in [3.63, 3.8) is 0 Å². The number of pyridine rings is 1. The highest BCUT2D eigenvalue weighted by atomic mass is 16.6. The van der Waals surface area contributed by atoms with E-state index in [0.717, 1.165) is 16.6 Å². The average molecular weight is 324 g/mol. The quantitative estimate of drug-likeness (QED) is 0.732. The number of amides is 1. The number of nitrogens with one attached hydrogen (secondary N) is 1. The van der Waals surface area contributed by atoms with Crippen LogP contribution in [0.25, 0.3) is 11.0 Å². The van der Waals surface area contributed by atoms with Crippen LogP contribution in [0, 0.1) is 6.92 Å². The zero-order valence-electron chi connectivity index (χ0n) is 14.0. The molecule has 0 atom stereocenters. The lowest BCUT2D eigenvalue weighted by atomic mass is 10.1. The topological polar surface area (TPSA) is 69.0 Å². The normalized spacial score (nSPS) is 11.2. The molecule has 2 aromatic heterocycles. The smallest absolute Gasteiger partial charge is 0.269 e. The molecule has 0 unspecified atom stereocenters. The van der Waals surface area contributed by atoms with Crippen LogP contribution in [-0.2, 0) is 11.4 Å². The lowest BCUT2D eigenvalue weighted by Crippen LogP contribution is -2.24. The first-order valence-corrected chi connectivity index (χ1v) is 7.87. The molecule has 1 amide bonds. The maximum absolute atomic E-state index is 12.5. The monoisotopic (exact) mass is 324 g/mol. The molecule has 0 bridgehead atoms. The van der Waals surface area contributed by atoms with E-state index in [0.29, 0.717) is 17.8 Å². The Hall–Kier alpha value is -2.73. The van der Waals surface area contributed by atoms with Gasteiger partial charge in [0.2, 0.25) is 0 Å². The van der Waals surface area contributed by atoms with Crippen LogP contribution in [-0.4, -0.2) is 20.7 Å². The second-order valence-corrected chi connectivity index (χ2v) is 5.94. The summed E-state index contributed by atoms with van der Waals surface area (Å²) in [5.74, 6) is -0.301. The van der Waals surface area contributed by atoms with Gasteiger partial charge in [-0.15, -0.1) is 0 Å². The number of carbonyl (C=O) groups excluding carboxylic acids is 1. The van der Waals surface area contributed by atoms with Crippen LogP contribution in [0.4, 0.5) is 0 Å². The maximum Gasteiger partial charge on any atom is 0.275 e. The van der Waals surface area contributed by atoms with Gasteiger partial charge in [0.15, 0.2) is 5.65 Å². The predicted octanol–water partition coefficient (Wildman–Crippen LogP) is 3.18. The first-order chi connectivity index (χ1) is 11.6. The van der Waals surface area contributed by atoms with Crippen molar-refractivity contribution in [2.75, 3.05) is 0 Å². The molecule has 0 saturated heterocycles. The molecule has 0 aliphatic rings. The third kappa shape index (κ3) is 3.28. The number of fused-ring (bicyclic) bond motifs is 1. The zero-order valence-corrected chi connectivity index (χ0v) is 14.0. The molecular weight excluding hydrogens is 304 g/mol. The third-order valence-corrected chi connectivity index (χ3v) is 3.68. The summed E-state index contributed by atoms with van der Waals surface area (Å²) in [6, 6.07) is 11.6. The Morgan fingerprint density at radius 3 is 2.75 bits per heavy atom. The van der Waals surface area contributed by atoms with E-state index in [-0.39, 0.29) is 11.9 Å². The van der Waals surface area contributed by atoms with E-state index >= 15 is 0 Å². The molecular formula is C18H20N4O2. The minimum absolute atomic E-state index is 0.169. The molecule has 0 fully saturated rings. The molecule has 3 aromatic rings. The number of aromatic nitrogens is 3. The van der Waals surface area contributed by atoms with E-state index in [4.69, 9.17) is 4.84 Å². The predicted molar refractivity (Wildman–Crippen MR) is 91.3 cm³/mol. The van der Waals surface area contributed by atoms with Crippen LogP contribution in [0.3, 0.4) is 0 Å². The minimum Gasteiger partial charge on any atom is -0.269 e. The molecule has 3 rings (SSSR count). The van der Waals surface area contributed by atoms with E-state index in [2.05, 4.69) is 15.6 Å². The van der Waals surface area contributed by atoms with Crippen LogP contribution in [0.15, 0.2) is 42.6 Å². The average Bonchev–Trinajstić information content (AvgIpc) is 2.98. The molecule has 2 heterocycles. The fourth-order valence-corrected chi connectivity index (χ4v) is 2.52. The van der Waals surface area contributed by atoms with Gasteiger partial charge in [0.1, 0.15) is 0 Å². The van der Waals surface area contributed by atoms with Gasteiger partial charge >= 0.3 is 0 Å². The molecule has 6 nitrogen and oxygen atoms in total. The van der Waals surface area contributed by atoms with Crippen LogP contribution in [0.2, 0.25) is 0 Å². The Morgan fingerprint density at radius 1 is 1.29 bits per heavy atom. The first-order valence-electron chi connectivity index (χ1n) is 7.87. The standard InChI is InChI=1S/C18H20N4O2/c1-12(2)22-17-16(10-19-22)15(9-13(3)20-17)18(23)21-24-11-14-7-5-4-6-8-14/h4-10,12H,11H2,1-3H3,(H,21,23). The highest BCUT2D eigenvalue weighted by Crippen LogP contribution is 2.21. The van der Waals surface area contributed by atoms with Crippen molar-refractivity contribution in [1.82, 2.24) is 20.2 Å². The summed E-state index contributed by atoms with van der Waals surface area (Å²) in [7, 11) is 0. The molecule has 0 aliphatic heterocycles. The number of hydrogen-bond acceptors (Lipinski definition) is 4. The van der Waals surface area contributed by atoms with Gasteiger partial charge in [-0.05, 0) is 32.4 Å². The summed E-state index contributed by atoms with van der Waals surface area (Å²) < 4.78 is 1.81. The van der Waals surface area contributed by atoms with Crippen molar-refractivity contribution < 1.29 is 9.63 Å². The van der Waals surface area contributed by atoms with Crippen molar-refractivity contribution >= 4 is 16.9 Å². The fourth-order valence-electron chi connectivity index (χ4n) is 2.52. The summed E-state index contributed by atoms with van der Waals surface area (Å²) in [6.07, 6.45) is 1.67. The summed E-state index contributed by atoms with van der Waals surface area (Å²) in [6.45, 7) is 6.22. The zero-order chi connectivity index (χ0) is 17.1. The Balaban J connectivity index is 1.79. The van der Waals surface area contributed by atoms with Gasteiger partial charge in [0.05, 0.1) is 23.8 Å². The number of nitrogens with zero attached hydrogens (tertiary/aromatic N) is 3. The van der Waals surface area contributed by atoms with Crippen LogP contribution < -0.4 is 5.48 Å². The third-order valence-electron chi connectivity index (χ3n) is 3.68. The summed E-state index contributed by atoms with van der Waals surface area (Å²) >= 11 is 0. The van der Waals surface area contributed by atoms with Gasteiger partial charge in [0, 0.05) is 11.7 Å². The molecule has 6 heteroatoms. The first kappa shape index (κ1) is 16.1. The van der Waals surface area contributed by atoms with Gasteiger partial charge in [0.25, 0.3) is 5.91 Å². The van der Waals surface area contributed by atoms with Crippen LogP contribution in [0.1, 0.15) is 41.5 Å². The van der Waals surface area contributed by atoms with Gasteiger partial charge < -0.3 is 0 Å². The molecule has 24 heavy (non-hydrogen) atoms. The Labute approximate surface area is 140 Å². The van der Waals surface area contributed by atoms with Gasteiger partial charge in [-0.3, -0.25) is 9.63 Å². The number of hydrogen-bond donors (Lipinski definition) is 1. The lowest BCUT2D eigenvalue weighted by Gasteiger charge is -2.09. The Bertz CT molecular complexity index is 856. The van der Waals surface area contributed by atoms with Crippen molar-refractivity contribution in [1.29, 1.82) is 0 Å². The SMILES string of the molecule is Cc1cc(C(=O)NOCc2ccccc2)c2cnn(C(C)C)c2n1. The highest BCUT2D eigenvalue weighted by molar-refractivity contribution is 6.05. The minimum atomic E-state index is -0.301.